The van der Waals surface area contributed by atoms with Crippen molar-refractivity contribution in [3.8, 4) is 0 Å². The van der Waals surface area contributed by atoms with Crippen LogP contribution in [0.15, 0.2) is 51.8 Å². The van der Waals surface area contributed by atoms with E-state index in [4.69, 9.17) is 10.2 Å². The third kappa shape index (κ3) is 7.30. The Morgan fingerprint density at radius 1 is 1.08 bits per heavy atom. The van der Waals surface area contributed by atoms with Crippen molar-refractivity contribution in [3.63, 3.8) is 0 Å². The topological polar surface area (TPSA) is 102 Å². The van der Waals surface area contributed by atoms with E-state index < -0.39 is 46.5 Å². The van der Waals surface area contributed by atoms with Gasteiger partial charge in [0.05, 0.1) is 10.6 Å². The Morgan fingerprint density at radius 3 is 2.24 bits per heavy atom. The second-order valence-corrected chi connectivity index (χ2v) is 9.58. The zero-order chi connectivity index (χ0) is 28.3. The number of carbonyl (C=O) groups is 1. The Labute approximate surface area is 214 Å². The van der Waals surface area contributed by atoms with Gasteiger partial charge in [-0.3, -0.25) is 9.10 Å². The predicted octanol–water partition coefficient (Wildman–Crippen LogP) is 4.92. The number of carbonyl (C=O) groups excluding carboxylic acids is 1. The molecule has 1 atom stereocenters. The van der Waals surface area contributed by atoms with Gasteiger partial charge in [0.25, 0.3) is 0 Å². The Morgan fingerprint density at radius 2 is 1.71 bits per heavy atom. The Hall–Kier alpha value is -3.49. The summed E-state index contributed by atoms with van der Waals surface area (Å²) in [5.41, 5.74) is 4.54. The lowest BCUT2D eigenvalue weighted by Crippen LogP contribution is -2.35. The van der Waals surface area contributed by atoms with E-state index in [0.717, 1.165) is 30.3 Å². The second-order valence-electron chi connectivity index (χ2n) is 8.17. The van der Waals surface area contributed by atoms with Gasteiger partial charge in [-0.15, -0.1) is 10.2 Å². The molecule has 1 unspecified atom stereocenters. The van der Waals surface area contributed by atoms with Gasteiger partial charge in [0.2, 0.25) is 17.7 Å². The summed E-state index contributed by atoms with van der Waals surface area (Å²) in [5.74, 6) is -3.86. The first-order valence-corrected chi connectivity index (χ1v) is 12.1. The van der Waals surface area contributed by atoms with Gasteiger partial charge in [0, 0.05) is 13.5 Å². The van der Waals surface area contributed by atoms with Crippen LogP contribution >= 0.6 is 0 Å². The molecule has 0 aliphatic carbocycles. The van der Waals surface area contributed by atoms with Crippen LogP contribution in [-0.4, -0.2) is 39.2 Å². The van der Waals surface area contributed by atoms with Crippen molar-refractivity contribution in [3.05, 3.63) is 71.2 Å². The molecule has 1 aliphatic rings. The average molecular weight is 566 g/mol. The molecular weight excluding hydrogens is 545 g/mol. The molecule has 0 fully saturated rings. The van der Waals surface area contributed by atoms with E-state index in [9.17, 15) is 39.7 Å². The summed E-state index contributed by atoms with van der Waals surface area (Å²) in [7, 11) is -1.77. The summed E-state index contributed by atoms with van der Waals surface area (Å²) in [6, 6.07) is 7.67. The zero-order valence-electron chi connectivity index (χ0n) is 19.6. The summed E-state index contributed by atoms with van der Waals surface area (Å²) >= 11 is 0. The summed E-state index contributed by atoms with van der Waals surface area (Å²) in [4.78, 5) is 10.6. The van der Waals surface area contributed by atoms with Crippen LogP contribution < -0.4 is 10.0 Å². The van der Waals surface area contributed by atoms with Crippen molar-refractivity contribution in [2.75, 3.05) is 10.8 Å². The number of halogens is 7. The van der Waals surface area contributed by atoms with Crippen LogP contribution in [0.3, 0.4) is 0 Å². The first kappa shape index (κ1) is 29.1. The monoisotopic (exact) mass is 566 g/mol. The molecule has 2 heterocycles. The minimum Gasteiger partial charge on any atom is -0.425 e. The molecule has 2 N–H and O–H groups in total. The fourth-order valence-corrected chi connectivity index (χ4v) is 5.01. The number of primary amides is 1. The van der Waals surface area contributed by atoms with Crippen LogP contribution in [0, 0.1) is 12.7 Å². The average Bonchev–Trinajstić information content (AvgIpc) is 3.21. The van der Waals surface area contributed by atoms with Gasteiger partial charge in [0.1, 0.15) is 12.2 Å². The van der Waals surface area contributed by atoms with Gasteiger partial charge in [-0.1, -0.05) is 12.1 Å². The van der Waals surface area contributed by atoms with Crippen molar-refractivity contribution in [2.24, 2.45) is 5.73 Å². The highest BCUT2D eigenvalue weighted by Gasteiger charge is 2.57. The number of rotatable bonds is 5. The number of aromatic nitrogens is 2. The number of anilines is 1. The number of nitrogens with zero attached hydrogens (tertiary/aromatic N) is 3. The summed E-state index contributed by atoms with van der Waals surface area (Å²) in [5, 5.41) is 7.08. The molecule has 0 saturated carbocycles. The largest absolute Gasteiger partial charge is 0.425 e. The standard InChI is InChI=1S/C18H14F7NOS.C5H7N3O2/c19-13-4-6-14(7-5-13)28(27)26-9-1-2-11-10-12(3-8-15(11)26)16(17(20,21)22)18(23,24)25;1-3-7-8-5(10-3)2-4(6)9/h3-8,10,16H,1-2,9H2;2H2,1H3,(H2,6,9). The van der Waals surface area contributed by atoms with Crippen molar-refractivity contribution in [2.45, 2.75) is 49.4 Å². The smallest absolute Gasteiger partial charge is 0.404 e. The molecule has 7 nitrogen and oxygen atoms in total. The number of benzene rings is 2. The first-order valence-electron chi connectivity index (χ1n) is 11.0. The maximum Gasteiger partial charge on any atom is 0.404 e. The molecule has 38 heavy (non-hydrogen) atoms. The molecule has 2 aromatic carbocycles. The van der Waals surface area contributed by atoms with E-state index in [1.165, 1.54) is 16.4 Å². The molecule has 0 radical (unpaired) electrons. The Kier molecular flexibility index (Phi) is 8.79. The van der Waals surface area contributed by atoms with Gasteiger partial charge in [-0.05, 0) is 54.3 Å². The van der Waals surface area contributed by atoms with E-state index in [1.807, 2.05) is 0 Å². The number of hydrogen-bond donors (Lipinski definition) is 1. The van der Waals surface area contributed by atoms with Crippen LogP contribution in [0.1, 0.15) is 35.2 Å². The van der Waals surface area contributed by atoms with Crippen molar-refractivity contribution in [1.29, 1.82) is 0 Å². The molecule has 206 valence electrons. The Balaban J connectivity index is 0.000000336. The van der Waals surface area contributed by atoms with E-state index in [0.29, 0.717) is 24.5 Å². The number of aryl methyl sites for hydroxylation is 2. The number of amides is 1. The molecule has 4 rings (SSSR count). The summed E-state index contributed by atoms with van der Waals surface area (Å²) < 4.78 is 110. The van der Waals surface area contributed by atoms with E-state index in [-0.39, 0.29) is 29.2 Å². The van der Waals surface area contributed by atoms with Crippen molar-refractivity contribution in [1.82, 2.24) is 10.2 Å². The van der Waals surface area contributed by atoms with Crippen LogP contribution in [0.2, 0.25) is 0 Å². The zero-order valence-corrected chi connectivity index (χ0v) is 20.5. The lowest BCUT2D eigenvalue weighted by atomic mass is 9.93. The molecule has 1 amide bonds. The van der Waals surface area contributed by atoms with Crippen LogP contribution in [-0.2, 0) is 28.6 Å². The summed E-state index contributed by atoms with van der Waals surface area (Å²) in [6.45, 7) is 1.95. The van der Waals surface area contributed by atoms with Crippen molar-refractivity contribution < 1.29 is 44.2 Å². The van der Waals surface area contributed by atoms with E-state index in [2.05, 4.69) is 10.2 Å². The Bertz CT molecular complexity index is 1280. The second kappa shape index (κ2) is 11.5. The maximum atomic E-state index is 13.0. The van der Waals surface area contributed by atoms with Crippen LogP contribution in [0.25, 0.3) is 0 Å². The number of alkyl halides is 6. The molecule has 15 heteroatoms. The van der Waals surface area contributed by atoms with Gasteiger partial charge < -0.3 is 10.2 Å². The normalized spacial score (nSPS) is 14.5. The highest BCUT2D eigenvalue weighted by molar-refractivity contribution is 7.86. The first-order chi connectivity index (χ1) is 17.7. The third-order valence-electron chi connectivity index (χ3n) is 5.28. The molecule has 1 aromatic heterocycles. The highest BCUT2D eigenvalue weighted by Crippen LogP contribution is 2.47. The molecule has 0 saturated heterocycles. The van der Waals surface area contributed by atoms with E-state index in [1.54, 1.807) is 6.92 Å². The molecule has 3 aromatic rings. The molecular formula is C23H21F7N4O3S. The van der Waals surface area contributed by atoms with E-state index >= 15 is 0 Å². The van der Waals surface area contributed by atoms with Gasteiger partial charge in [-0.25, -0.2) is 8.60 Å². The lowest BCUT2D eigenvalue weighted by molar-refractivity contribution is -0.253. The van der Waals surface area contributed by atoms with Gasteiger partial charge in [0.15, 0.2) is 16.9 Å². The SMILES string of the molecule is Cc1nnc(CC(N)=O)o1.O=S(c1ccc(F)cc1)N1CCCc2cc(C(C(F)(F)F)C(F)(F)F)ccc21. The predicted molar refractivity (Wildman–Crippen MR) is 122 cm³/mol. The third-order valence-corrected chi connectivity index (χ3v) is 6.73. The number of nitrogens with two attached hydrogens (primary N) is 1. The van der Waals surface area contributed by atoms with Crippen LogP contribution in [0.4, 0.5) is 36.4 Å². The lowest BCUT2D eigenvalue weighted by Gasteiger charge is -2.31. The molecule has 1 aliphatic heterocycles. The maximum absolute atomic E-state index is 13.0. The minimum absolute atomic E-state index is 0.0147. The molecule has 0 spiro atoms. The van der Waals surface area contributed by atoms with Gasteiger partial charge in [-0.2, -0.15) is 26.3 Å². The van der Waals surface area contributed by atoms with Gasteiger partial charge >= 0.3 is 12.4 Å². The van der Waals surface area contributed by atoms with Crippen LogP contribution in [0.5, 0.6) is 0 Å². The van der Waals surface area contributed by atoms with Crippen molar-refractivity contribution >= 4 is 22.6 Å². The minimum atomic E-state index is -5.47. The fourth-order valence-electron chi connectivity index (χ4n) is 3.73. The fraction of sp³-hybridized carbons (Fsp3) is 0.348. The highest BCUT2D eigenvalue weighted by atomic mass is 32.2. The number of fused-ring (bicyclic) bond motifs is 1. The number of hydrogen-bond acceptors (Lipinski definition) is 5. The molecule has 0 bridgehead atoms. The summed E-state index contributed by atoms with van der Waals surface area (Å²) in [6.07, 6.45) is -10.3. The quantitative estimate of drug-likeness (QED) is 0.442.